The second-order valence-electron chi connectivity index (χ2n) is 5.52. The number of hydrogen-bond acceptors (Lipinski definition) is 4. The molecule has 2 aromatic carbocycles. The van der Waals surface area contributed by atoms with Gasteiger partial charge in [0.25, 0.3) is 5.91 Å². The molecule has 1 heterocycles. The van der Waals surface area contributed by atoms with E-state index in [0.717, 1.165) is 16.8 Å². The fourth-order valence-corrected chi connectivity index (χ4v) is 2.34. The van der Waals surface area contributed by atoms with Gasteiger partial charge in [-0.2, -0.15) is 0 Å². The first-order valence-corrected chi connectivity index (χ1v) is 7.98. The molecular formula is C20H19N3O2. The highest BCUT2D eigenvalue weighted by Crippen LogP contribution is 2.14. The lowest BCUT2D eigenvalue weighted by Gasteiger charge is -2.09. The molecule has 3 N–H and O–H groups in total. The lowest BCUT2D eigenvalue weighted by atomic mass is 10.1. The summed E-state index contributed by atoms with van der Waals surface area (Å²) >= 11 is 0. The van der Waals surface area contributed by atoms with Crippen LogP contribution in [0.1, 0.15) is 21.5 Å². The van der Waals surface area contributed by atoms with Gasteiger partial charge in [0, 0.05) is 30.1 Å². The molecule has 0 atom stereocenters. The van der Waals surface area contributed by atoms with Crippen LogP contribution in [0.3, 0.4) is 0 Å². The number of benzene rings is 2. The van der Waals surface area contributed by atoms with Gasteiger partial charge >= 0.3 is 0 Å². The van der Waals surface area contributed by atoms with Gasteiger partial charge in [-0.1, -0.05) is 30.3 Å². The third-order valence-corrected chi connectivity index (χ3v) is 3.64. The van der Waals surface area contributed by atoms with Crippen molar-refractivity contribution in [2.24, 2.45) is 5.73 Å². The van der Waals surface area contributed by atoms with Gasteiger partial charge in [-0.25, -0.2) is 4.98 Å². The Balaban J connectivity index is 1.65. The molecule has 126 valence electrons. The zero-order chi connectivity index (χ0) is 17.5. The standard InChI is InChI=1S/C20H19N3O2/c21-13-15-9-10-22-19(12-15)25-14-16-5-4-6-17(11-16)20(24)23-18-7-2-1-3-8-18/h1-12H,13-14,21H2,(H,23,24). The van der Waals surface area contributed by atoms with Crippen LogP contribution < -0.4 is 15.8 Å². The molecule has 3 aromatic rings. The molecule has 0 saturated heterocycles. The Bertz CT molecular complexity index is 850. The van der Waals surface area contributed by atoms with E-state index in [1.54, 1.807) is 12.3 Å². The summed E-state index contributed by atoms with van der Waals surface area (Å²) in [5.41, 5.74) is 8.80. The predicted octanol–water partition coefficient (Wildman–Crippen LogP) is 3.37. The first-order valence-electron chi connectivity index (χ1n) is 7.98. The number of hydrogen-bond donors (Lipinski definition) is 2. The number of rotatable bonds is 6. The molecule has 1 amide bonds. The SMILES string of the molecule is NCc1ccnc(OCc2cccc(C(=O)Nc3ccccc3)c2)c1. The maximum Gasteiger partial charge on any atom is 0.255 e. The van der Waals surface area contributed by atoms with Crippen LogP contribution in [0.4, 0.5) is 5.69 Å². The normalized spacial score (nSPS) is 10.3. The van der Waals surface area contributed by atoms with Gasteiger partial charge in [0.05, 0.1) is 0 Å². The number of anilines is 1. The fourth-order valence-electron chi connectivity index (χ4n) is 2.34. The molecule has 1 aromatic heterocycles. The number of amides is 1. The van der Waals surface area contributed by atoms with Crippen LogP contribution in [0.5, 0.6) is 5.88 Å². The summed E-state index contributed by atoms with van der Waals surface area (Å²) in [5.74, 6) is 0.360. The first-order chi connectivity index (χ1) is 12.2. The van der Waals surface area contributed by atoms with Crippen molar-refractivity contribution in [1.29, 1.82) is 0 Å². The van der Waals surface area contributed by atoms with E-state index in [2.05, 4.69) is 10.3 Å². The number of carbonyl (C=O) groups is 1. The number of pyridine rings is 1. The highest BCUT2D eigenvalue weighted by atomic mass is 16.5. The highest BCUT2D eigenvalue weighted by Gasteiger charge is 2.07. The minimum absolute atomic E-state index is 0.156. The summed E-state index contributed by atoms with van der Waals surface area (Å²) in [4.78, 5) is 16.5. The van der Waals surface area contributed by atoms with Crippen LogP contribution in [0.15, 0.2) is 72.9 Å². The van der Waals surface area contributed by atoms with Crippen LogP contribution in [-0.2, 0) is 13.2 Å². The molecule has 0 bridgehead atoms. The molecule has 0 spiro atoms. The van der Waals surface area contributed by atoms with E-state index in [-0.39, 0.29) is 5.91 Å². The number of carbonyl (C=O) groups excluding carboxylic acids is 1. The topological polar surface area (TPSA) is 77.2 Å². The first kappa shape index (κ1) is 16.7. The number of nitrogens with zero attached hydrogens (tertiary/aromatic N) is 1. The van der Waals surface area contributed by atoms with Gasteiger partial charge in [-0.05, 0) is 41.5 Å². The van der Waals surface area contributed by atoms with Gasteiger partial charge in [0.2, 0.25) is 5.88 Å². The third-order valence-electron chi connectivity index (χ3n) is 3.64. The molecule has 25 heavy (non-hydrogen) atoms. The Kier molecular flexibility index (Phi) is 5.39. The Morgan fingerprint density at radius 3 is 2.64 bits per heavy atom. The van der Waals surface area contributed by atoms with Crippen molar-refractivity contribution in [3.63, 3.8) is 0 Å². The fraction of sp³-hybridized carbons (Fsp3) is 0.100. The van der Waals surface area contributed by atoms with Crippen molar-refractivity contribution in [3.8, 4) is 5.88 Å². The zero-order valence-electron chi connectivity index (χ0n) is 13.7. The van der Waals surface area contributed by atoms with Crippen LogP contribution in [0.25, 0.3) is 0 Å². The van der Waals surface area contributed by atoms with Gasteiger partial charge < -0.3 is 15.8 Å². The molecule has 0 aliphatic heterocycles. The van der Waals surface area contributed by atoms with Gasteiger partial charge in [0.15, 0.2) is 0 Å². The second-order valence-corrected chi connectivity index (χ2v) is 5.52. The van der Waals surface area contributed by atoms with E-state index in [1.807, 2.05) is 60.7 Å². The summed E-state index contributed by atoms with van der Waals surface area (Å²) in [6.07, 6.45) is 1.67. The Morgan fingerprint density at radius 2 is 1.84 bits per heavy atom. The average Bonchev–Trinajstić information content (AvgIpc) is 2.67. The van der Waals surface area contributed by atoms with Crippen molar-refractivity contribution in [3.05, 3.63) is 89.6 Å². The maximum absolute atomic E-state index is 12.3. The molecule has 0 aliphatic rings. The number of nitrogens with one attached hydrogen (secondary N) is 1. The molecule has 0 aliphatic carbocycles. The van der Waals surface area contributed by atoms with Crippen LogP contribution in [-0.4, -0.2) is 10.9 Å². The maximum atomic E-state index is 12.3. The molecule has 0 saturated carbocycles. The minimum atomic E-state index is -0.156. The van der Waals surface area contributed by atoms with E-state index >= 15 is 0 Å². The minimum Gasteiger partial charge on any atom is -0.473 e. The van der Waals surface area contributed by atoms with E-state index in [1.165, 1.54) is 0 Å². The van der Waals surface area contributed by atoms with E-state index in [4.69, 9.17) is 10.5 Å². The van der Waals surface area contributed by atoms with E-state index in [0.29, 0.717) is 24.6 Å². The molecule has 3 rings (SSSR count). The van der Waals surface area contributed by atoms with Crippen molar-refractivity contribution in [2.45, 2.75) is 13.2 Å². The van der Waals surface area contributed by atoms with Crippen molar-refractivity contribution in [1.82, 2.24) is 4.98 Å². The van der Waals surface area contributed by atoms with Crippen LogP contribution in [0, 0.1) is 0 Å². The number of nitrogens with two attached hydrogens (primary N) is 1. The smallest absolute Gasteiger partial charge is 0.255 e. The lowest BCUT2D eigenvalue weighted by Crippen LogP contribution is -2.12. The molecular weight excluding hydrogens is 314 g/mol. The monoisotopic (exact) mass is 333 g/mol. The highest BCUT2D eigenvalue weighted by molar-refractivity contribution is 6.04. The second kappa shape index (κ2) is 8.08. The summed E-state index contributed by atoms with van der Waals surface area (Å²) in [6.45, 7) is 0.765. The number of para-hydroxylation sites is 1. The van der Waals surface area contributed by atoms with Gasteiger partial charge in [-0.3, -0.25) is 4.79 Å². The zero-order valence-corrected chi connectivity index (χ0v) is 13.7. The third kappa shape index (κ3) is 4.65. The van der Waals surface area contributed by atoms with E-state index < -0.39 is 0 Å². The van der Waals surface area contributed by atoms with Crippen LogP contribution in [0.2, 0.25) is 0 Å². The summed E-state index contributed by atoms with van der Waals surface area (Å²) in [6, 6.07) is 20.3. The largest absolute Gasteiger partial charge is 0.473 e. The van der Waals surface area contributed by atoms with Crippen molar-refractivity contribution < 1.29 is 9.53 Å². The average molecular weight is 333 g/mol. The predicted molar refractivity (Wildman–Crippen MR) is 97.3 cm³/mol. The molecule has 5 heteroatoms. The van der Waals surface area contributed by atoms with Crippen molar-refractivity contribution >= 4 is 11.6 Å². The molecule has 0 fully saturated rings. The Morgan fingerprint density at radius 1 is 1.00 bits per heavy atom. The van der Waals surface area contributed by atoms with Gasteiger partial charge in [-0.15, -0.1) is 0 Å². The lowest BCUT2D eigenvalue weighted by molar-refractivity contribution is 0.102. The molecule has 0 unspecified atom stereocenters. The van der Waals surface area contributed by atoms with E-state index in [9.17, 15) is 4.79 Å². The number of ether oxygens (including phenoxy) is 1. The Labute approximate surface area is 146 Å². The molecule has 0 radical (unpaired) electrons. The quantitative estimate of drug-likeness (QED) is 0.725. The summed E-state index contributed by atoms with van der Waals surface area (Å²) in [7, 11) is 0. The summed E-state index contributed by atoms with van der Waals surface area (Å²) in [5, 5.41) is 2.87. The summed E-state index contributed by atoms with van der Waals surface area (Å²) < 4.78 is 5.69. The molecule has 5 nitrogen and oxygen atoms in total. The van der Waals surface area contributed by atoms with Crippen LogP contribution >= 0.6 is 0 Å². The number of aromatic nitrogens is 1. The van der Waals surface area contributed by atoms with Crippen molar-refractivity contribution in [2.75, 3.05) is 5.32 Å². The Hall–Kier alpha value is -3.18. The van der Waals surface area contributed by atoms with Gasteiger partial charge in [0.1, 0.15) is 6.61 Å².